The zero-order valence-corrected chi connectivity index (χ0v) is 12.4. The van der Waals surface area contributed by atoms with E-state index in [0.29, 0.717) is 13.1 Å². The fraction of sp³-hybridized carbons (Fsp3) is 0.375. The normalized spacial score (nSPS) is 18.0. The number of amides is 1. The van der Waals surface area contributed by atoms with Crippen LogP contribution in [0.1, 0.15) is 12.0 Å². The number of rotatable bonds is 4. The fourth-order valence-corrected chi connectivity index (χ4v) is 2.74. The maximum Gasteiger partial charge on any atom is 0.310 e. The first kappa shape index (κ1) is 14.4. The van der Waals surface area contributed by atoms with E-state index in [1.165, 1.54) is 7.11 Å². The lowest BCUT2D eigenvalue weighted by atomic mass is 10.1. The third-order valence-electron chi connectivity index (χ3n) is 3.95. The number of hydrogen-bond acceptors (Lipinski definition) is 5. The average Bonchev–Trinajstić information content (AvgIpc) is 2.93. The minimum atomic E-state index is -0.333. The number of benzene rings is 1. The molecule has 3 rings (SSSR count). The lowest BCUT2D eigenvalue weighted by Crippen LogP contribution is -2.28. The third kappa shape index (κ3) is 2.90. The van der Waals surface area contributed by atoms with Crippen LogP contribution >= 0.6 is 0 Å². The van der Waals surface area contributed by atoms with Crippen molar-refractivity contribution in [2.45, 2.75) is 12.8 Å². The van der Waals surface area contributed by atoms with E-state index in [4.69, 9.17) is 4.74 Å². The summed E-state index contributed by atoms with van der Waals surface area (Å²) in [6.07, 6.45) is 4.30. The highest BCUT2D eigenvalue weighted by Crippen LogP contribution is 2.20. The lowest BCUT2D eigenvalue weighted by molar-refractivity contribution is -0.145. The maximum absolute atomic E-state index is 11.9. The molecule has 2 heterocycles. The van der Waals surface area contributed by atoms with Crippen molar-refractivity contribution < 1.29 is 14.3 Å². The van der Waals surface area contributed by atoms with Crippen molar-refractivity contribution in [2.24, 2.45) is 5.92 Å². The van der Waals surface area contributed by atoms with Gasteiger partial charge in [0.15, 0.2) is 0 Å². The van der Waals surface area contributed by atoms with Gasteiger partial charge in [0, 0.05) is 31.9 Å². The molecule has 1 fully saturated rings. The Morgan fingerprint density at radius 3 is 2.86 bits per heavy atom. The van der Waals surface area contributed by atoms with Gasteiger partial charge in [0.25, 0.3) is 0 Å². The number of carbonyl (C=O) groups is 2. The molecule has 0 radical (unpaired) electrons. The van der Waals surface area contributed by atoms with E-state index in [-0.39, 0.29) is 24.2 Å². The van der Waals surface area contributed by atoms with Gasteiger partial charge in [0.05, 0.1) is 24.1 Å². The van der Waals surface area contributed by atoms with Gasteiger partial charge in [-0.25, -0.2) is 0 Å². The van der Waals surface area contributed by atoms with Crippen LogP contribution in [0, 0.1) is 5.92 Å². The smallest absolute Gasteiger partial charge is 0.310 e. The molecule has 1 aliphatic heterocycles. The van der Waals surface area contributed by atoms with Gasteiger partial charge in [-0.2, -0.15) is 0 Å². The second-order valence-corrected chi connectivity index (χ2v) is 5.39. The van der Waals surface area contributed by atoms with Crippen LogP contribution in [0.25, 0.3) is 11.0 Å². The summed E-state index contributed by atoms with van der Waals surface area (Å²) in [6.45, 7) is 1.04. The highest BCUT2D eigenvalue weighted by atomic mass is 16.5. The quantitative estimate of drug-likeness (QED) is 0.793. The molecule has 1 atom stereocenters. The zero-order valence-electron chi connectivity index (χ0n) is 12.4. The Labute approximate surface area is 128 Å². The Bertz CT molecular complexity index is 717. The van der Waals surface area contributed by atoms with E-state index >= 15 is 0 Å². The van der Waals surface area contributed by atoms with Crippen LogP contribution in [0.3, 0.4) is 0 Å². The van der Waals surface area contributed by atoms with Gasteiger partial charge >= 0.3 is 5.97 Å². The van der Waals surface area contributed by atoms with E-state index in [1.807, 2.05) is 18.2 Å². The van der Waals surface area contributed by atoms with Crippen LogP contribution in [0.15, 0.2) is 30.6 Å². The van der Waals surface area contributed by atoms with Gasteiger partial charge in [0.1, 0.15) is 0 Å². The highest BCUT2D eigenvalue weighted by Gasteiger charge is 2.34. The molecule has 6 nitrogen and oxygen atoms in total. The molecule has 22 heavy (non-hydrogen) atoms. The van der Waals surface area contributed by atoms with E-state index in [0.717, 1.165) is 23.0 Å². The van der Waals surface area contributed by atoms with E-state index in [9.17, 15) is 9.59 Å². The van der Waals surface area contributed by atoms with Crippen molar-refractivity contribution in [3.63, 3.8) is 0 Å². The number of methoxy groups -OCH3 is 1. The number of ether oxygens (including phenoxy) is 1. The second-order valence-electron chi connectivity index (χ2n) is 5.39. The van der Waals surface area contributed by atoms with Gasteiger partial charge < -0.3 is 9.64 Å². The third-order valence-corrected chi connectivity index (χ3v) is 3.95. The molecule has 114 valence electrons. The molecule has 2 aromatic rings. The molecule has 1 saturated heterocycles. The Kier molecular flexibility index (Phi) is 4.00. The molecule has 6 heteroatoms. The minimum Gasteiger partial charge on any atom is -0.469 e. The SMILES string of the molecule is COC(=O)C1CC(=O)N(CCc2ccc3nccnc3c2)C1. The van der Waals surface area contributed by atoms with Crippen LogP contribution in [-0.2, 0) is 20.7 Å². The molecule has 1 aromatic carbocycles. The largest absolute Gasteiger partial charge is 0.469 e. The number of fused-ring (bicyclic) bond motifs is 1. The van der Waals surface area contributed by atoms with Crippen LogP contribution in [-0.4, -0.2) is 46.9 Å². The molecule has 1 unspecified atom stereocenters. The van der Waals surface area contributed by atoms with Crippen molar-refractivity contribution in [3.8, 4) is 0 Å². The molecule has 0 N–H and O–H groups in total. The summed E-state index contributed by atoms with van der Waals surface area (Å²) in [7, 11) is 1.35. The summed E-state index contributed by atoms with van der Waals surface area (Å²) >= 11 is 0. The summed E-state index contributed by atoms with van der Waals surface area (Å²) in [4.78, 5) is 33.7. The summed E-state index contributed by atoms with van der Waals surface area (Å²) in [5, 5.41) is 0. The number of aromatic nitrogens is 2. The van der Waals surface area contributed by atoms with Crippen molar-refractivity contribution in [1.82, 2.24) is 14.9 Å². The van der Waals surface area contributed by atoms with Crippen LogP contribution < -0.4 is 0 Å². The Morgan fingerprint density at radius 2 is 2.09 bits per heavy atom. The molecule has 0 bridgehead atoms. The topological polar surface area (TPSA) is 72.4 Å². The molecular weight excluding hydrogens is 282 g/mol. The Hall–Kier alpha value is -2.50. The number of likely N-dealkylation sites (tertiary alicyclic amines) is 1. The van der Waals surface area contributed by atoms with E-state index in [2.05, 4.69) is 9.97 Å². The van der Waals surface area contributed by atoms with Crippen LogP contribution in [0.5, 0.6) is 0 Å². The number of esters is 1. The number of nitrogens with zero attached hydrogens (tertiary/aromatic N) is 3. The molecule has 0 aliphatic carbocycles. The van der Waals surface area contributed by atoms with Crippen molar-refractivity contribution in [1.29, 1.82) is 0 Å². The van der Waals surface area contributed by atoms with Gasteiger partial charge in [-0.1, -0.05) is 6.07 Å². The fourth-order valence-electron chi connectivity index (χ4n) is 2.74. The summed E-state index contributed by atoms with van der Waals surface area (Å²) < 4.78 is 4.71. The molecule has 0 saturated carbocycles. The highest BCUT2D eigenvalue weighted by molar-refractivity contribution is 5.86. The van der Waals surface area contributed by atoms with Gasteiger partial charge in [-0.05, 0) is 24.1 Å². The van der Waals surface area contributed by atoms with Gasteiger partial charge in [0.2, 0.25) is 5.91 Å². The van der Waals surface area contributed by atoms with Crippen molar-refractivity contribution in [2.75, 3.05) is 20.2 Å². The minimum absolute atomic E-state index is 0.0102. The summed E-state index contributed by atoms with van der Waals surface area (Å²) in [5.74, 6) is -0.632. The zero-order chi connectivity index (χ0) is 15.5. The first-order chi connectivity index (χ1) is 10.7. The number of hydrogen-bond donors (Lipinski definition) is 0. The van der Waals surface area contributed by atoms with Gasteiger partial charge in [-0.3, -0.25) is 19.6 Å². The first-order valence-electron chi connectivity index (χ1n) is 7.22. The average molecular weight is 299 g/mol. The first-order valence-corrected chi connectivity index (χ1v) is 7.22. The molecule has 1 amide bonds. The Morgan fingerprint density at radius 1 is 1.32 bits per heavy atom. The maximum atomic E-state index is 11.9. The van der Waals surface area contributed by atoms with E-state index < -0.39 is 0 Å². The summed E-state index contributed by atoms with van der Waals surface area (Å²) in [6, 6.07) is 5.91. The number of carbonyl (C=O) groups excluding carboxylic acids is 2. The molecule has 1 aliphatic rings. The molecular formula is C16H17N3O3. The van der Waals surface area contributed by atoms with Crippen LogP contribution in [0.4, 0.5) is 0 Å². The van der Waals surface area contributed by atoms with Crippen molar-refractivity contribution >= 4 is 22.9 Å². The molecule has 1 aromatic heterocycles. The lowest BCUT2D eigenvalue weighted by Gasteiger charge is -2.16. The second kappa shape index (κ2) is 6.09. The van der Waals surface area contributed by atoms with Gasteiger partial charge in [-0.15, -0.1) is 0 Å². The predicted octanol–water partition coefficient (Wildman–Crippen LogP) is 1.19. The molecule has 0 spiro atoms. The summed E-state index contributed by atoms with van der Waals surface area (Å²) in [5.41, 5.74) is 2.80. The van der Waals surface area contributed by atoms with Crippen LogP contribution in [0.2, 0.25) is 0 Å². The predicted molar refractivity (Wildman–Crippen MR) is 79.9 cm³/mol. The van der Waals surface area contributed by atoms with E-state index in [1.54, 1.807) is 17.3 Å². The Balaban J connectivity index is 1.64. The van der Waals surface area contributed by atoms with Crippen molar-refractivity contribution in [3.05, 3.63) is 36.2 Å². The monoisotopic (exact) mass is 299 g/mol. The standard InChI is InChI=1S/C16H17N3O3/c1-22-16(21)12-9-15(20)19(10-12)7-4-11-2-3-13-14(8-11)18-6-5-17-13/h2-3,5-6,8,12H,4,7,9-10H2,1H3.